The van der Waals surface area contributed by atoms with Crippen molar-refractivity contribution in [1.29, 1.82) is 5.26 Å². The second-order valence-corrected chi connectivity index (χ2v) is 4.97. The van der Waals surface area contributed by atoms with Crippen LogP contribution in [0.3, 0.4) is 0 Å². The first-order chi connectivity index (χ1) is 8.33. The Bertz CT molecular complexity index is 712. The molecule has 0 amide bonds. The molecule has 0 spiro atoms. The highest BCUT2D eigenvalue weighted by Gasteiger charge is 2.10. The Morgan fingerprint density at radius 3 is 1.59 bits per heavy atom. The summed E-state index contributed by atoms with van der Waals surface area (Å²) in [7, 11) is 0. The maximum Gasteiger partial charge on any atom is 0.100 e. The number of nitriles is 1. The SMILES string of the molecule is N#Cc1c2ccccc2c(I)c2ccccc12. The second kappa shape index (κ2) is 4.01. The van der Waals surface area contributed by atoms with Crippen molar-refractivity contribution < 1.29 is 0 Å². The van der Waals surface area contributed by atoms with Gasteiger partial charge in [-0.1, -0.05) is 48.5 Å². The van der Waals surface area contributed by atoms with Crippen molar-refractivity contribution in [1.82, 2.24) is 0 Å². The van der Waals surface area contributed by atoms with E-state index in [9.17, 15) is 5.26 Å². The second-order valence-electron chi connectivity index (χ2n) is 3.89. The Balaban J connectivity index is 2.70. The molecule has 0 fully saturated rings. The minimum absolute atomic E-state index is 0.775. The molecule has 0 radical (unpaired) electrons. The predicted octanol–water partition coefficient (Wildman–Crippen LogP) is 4.47. The van der Waals surface area contributed by atoms with Gasteiger partial charge in [-0.15, -0.1) is 0 Å². The zero-order valence-electron chi connectivity index (χ0n) is 8.94. The molecule has 0 aliphatic carbocycles. The number of nitrogens with zero attached hydrogens (tertiary/aromatic N) is 1. The number of hydrogen-bond acceptors (Lipinski definition) is 1. The number of benzene rings is 3. The molecule has 0 saturated carbocycles. The fourth-order valence-electron chi connectivity index (χ4n) is 2.20. The van der Waals surface area contributed by atoms with Crippen molar-refractivity contribution >= 4 is 44.1 Å². The number of rotatable bonds is 0. The van der Waals surface area contributed by atoms with Crippen molar-refractivity contribution in [3.05, 3.63) is 57.7 Å². The largest absolute Gasteiger partial charge is 0.192 e. The molecule has 0 aliphatic rings. The fourth-order valence-corrected chi connectivity index (χ4v) is 3.14. The lowest BCUT2D eigenvalue weighted by molar-refractivity contribution is 1.51. The topological polar surface area (TPSA) is 23.8 Å². The summed E-state index contributed by atoms with van der Waals surface area (Å²) in [6.07, 6.45) is 0. The van der Waals surface area contributed by atoms with Gasteiger partial charge in [0.15, 0.2) is 0 Å². The molecular formula is C15H8IN. The van der Waals surface area contributed by atoms with E-state index in [1.165, 1.54) is 3.57 Å². The van der Waals surface area contributed by atoms with Gasteiger partial charge in [-0.3, -0.25) is 0 Å². The van der Waals surface area contributed by atoms with Gasteiger partial charge in [0.05, 0.1) is 5.56 Å². The first-order valence-electron chi connectivity index (χ1n) is 5.32. The van der Waals surface area contributed by atoms with Gasteiger partial charge in [0.2, 0.25) is 0 Å². The minimum atomic E-state index is 0.775. The highest BCUT2D eigenvalue weighted by molar-refractivity contribution is 14.1. The lowest BCUT2D eigenvalue weighted by atomic mass is 9.98. The van der Waals surface area contributed by atoms with Gasteiger partial charge in [0.1, 0.15) is 6.07 Å². The quantitative estimate of drug-likeness (QED) is 0.441. The fraction of sp³-hybridized carbons (Fsp3) is 0. The van der Waals surface area contributed by atoms with Crippen molar-refractivity contribution in [2.24, 2.45) is 0 Å². The first-order valence-corrected chi connectivity index (χ1v) is 6.40. The van der Waals surface area contributed by atoms with Crippen LogP contribution in [0.4, 0.5) is 0 Å². The lowest BCUT2D eigenvalue weighted by Gasteiger charge is -2.08. The molecule has 0 aliphatic heterocycles. The monoisotopic (exact) mass is 329 g/mol. The van der Waals surface area contributed by atoms with Crippen molar-refractivity contribution in [2.45, 2.75) is 0 Å². The van der Waals surface area contributed by atoms with Gasteiger partial charge in [-0.25, -0.2) is 0 Å². The maximum absolute atomic E-state index is 9.37. The smallest absolute Gasteiger partial charge is 0.100 e. The lowest BCUT2D eigenvalue weighted by Crippen LogP contribution is -1.88. The van der Waals surface area contributed by atoms with E-state index in [1.807, 2.05) is 36.4 Å². The average molecular weight is 329 g/mol. The molecule has 0 N–H and O–H groups in total. The molecule has 0 unspecified atom stereocenters. The molecule has 0 aromatic heterocycles. The zero-order chi connectivity index (χ0) is 11.8. The van der Waals surface area contributed by atoms with Crippen LogP contribution in [0.5, 0.6) is 0 Å². The van der Waals surface area contributed by atoms with E-state index in [0.717, 1.165) is 27.1 Å². The van der Waals surface area contributed by atoms with Gasteiger partial charge in [0.25, 0.3) is 0 Å². The van der Waals surface area contributed by atoms with Crippen LogP contribution in [0.25, 0.3) is 21.5 Å². The van der Waals surface area contributed by atoms with Crippen LogP contribution in [0.1, 0.15) is 5.56 Å². The van der Waals surface area contributed by atoms with E-state index in [1.54, 1.807) is 0 Å². The normalized spacial score (nSPS) is 10.6. The molecule has 80 valence electrons. The summed E-state index contributed by atoms with van der Waals surface area (Å²) in [5, 5.41) is 13.8. The van der Waals surface area contributed by atoms with Crippen LogP contribution in [0.2, 0.25) is 0 Å². The summed E-state index contributed by atoms with van der Waals surface area (Å²) in [4.78, 5) is 0. The summed E-state index contributed by atoms with van der Waals surface area (Å²) in [5.41, 5.74) is 0.775. The third-order valence-electron chi connectivity index (χ3n) is 2.98. The molecule has 1 nitrogen and oxygen atoms in total. The van der Waals surface area contributed by atoms with E-state index in [0.29, 0.717) is 0 Å². The van der Waals surface area contributed by atoms with Gasteiger partial charge < -0.3 is 0 Å². The molecule has 3 rings (SSSR count). The standard InChI is InChI=1S/C15H8IN/c16-15-12-7-3-1-5-10(12)14(9-17)11-6-2-4-8-13(11)15/h1-8H. The van der Waals surface area contributed by atoms with Crippen LogP contribution in [-0.4, -0.2) is 0 Å². The Kier molecular flexibility index (Phi) is 2.49. The third-order valence-corrected chi connectivity index (χ3v) is 4.14. The summed E-state index contributed by atoms with van der Waals surface area (Å²) >= 11 is 2.36. The highest BCUT2D eigenvalue weighted by atomic mass is 127. The van der Waals surface area contributed by atoms with E-state index >= 15 is 0 Å². The van der Waals surface area contributed by atoms with E-state index in [4.69, 9.17) is 0 Å². The van der Waals surface area contributed by atoms with E-state index in [-0.39, 0.29) is 0 Å². The minimum Gasteiger partial charge on any atom is -0.192 e. The Morgan fingerprint density at radius 2 is 1.18 bits per heavy atom. The number of hydrogen-bond donors (Lipinski definition) is 0. The van der Waals surface area contributed by atoms with Gasteiger partial charge in [0, 0.05) is 14.3 Å². The summed E-state index contributed by atoms with van der Waals surface area (Å²) in [5.74, 6) is 0. The third kappa shape index (κ3) is 1.50. The Hall–Kier alpha value is -1.60. The molecule has 0 bridgehead atoms. The summed E-state index contributed by atoms with van der Waals surface area (Å²) in [6, 6.07) is 18.5. The van der Waals surface area contributed by atoms with Crippen LogP contribution >= 0.6 is 22.6 Å². The molecule has 0 saturated heterocycles. The molecule has 3 aromatic carbocycles. The van der Waals surface area contributed by atoms with E-state index in [2.05, 4.69) is 40.8 Å². The first kappa shape index (κ1) is 10.5. The van der Waals surface area contributed by atoms with Crippen molar-refractivity contribution in [3.63, 3.8) is 0 Å². The van der Waals surface area contributed by atoms with Gasteiger partial charge in [-0.05, 0) is 33.4 Å². The van der Waals surface area contributed by atoms with Crippen molar-refractivity contribution in [2.75, 3.05) is 0 Å². The zero-order valence-corrected chi connectivity index (χ0v) is 11.1. The molecule has 3 aromatic rings. The highest BCUT2D eigenvalue weighted by Crippen LogP contribution is 2.33. The molecule has 17 heavy (non-hydrogen) atoms. The van der Waals surface area contributed by atoms with Gasteiger partial charge in [-0.2, -0.15) is 5.26 Å². The van der Waals surface area contributed by atoms with E-state index < -0.39 is 0 Å². The average Bonchev–Trinajstić information content (AvgIpc) is 2.40. The molecule has 0 heterocycles. The predicted molar refractivity (Wildman–Crippen MR) is 78.9 cm³/mol. The van der Waals surface area contributed by atoms with Crippen molar-refractivity contribution in [3.8, 4) is 6.07 Å². The molecular weight excluding hydrogens is 321 g/mol. The Labute approximate surface area is 113 Å². The number of fused-ring (bicyclic) bond motifs is 2. The summed E-state index contributed by atoms with van der Waals surface area (Å²) < 4.78 is 1.22. The summed E-state index contributed by atoms with van der Waals surface area (Å²) in [6.45, 7) is 0. The maximum atomic E-state index is 9.37. The molecule has 0 atom stereocenters. The van der Waals surface area contributed by atoms with Crippen LogP contribution < -0.4 is 0 Å². The molecule has 2 heteroatoms. The Morgan fingerprint density at radius 1 is 0.765 bits per heavy atom. The van der Waals surface area contributed by atoms with Crippen LogP contribution in [0.15, 0.2) is 48.5 Å². The number of halogens is 1. The van der Waals surface area contributed by atoms with Crippen LogP contribution in [0, 0.1) is 14.9 Å². The van der Waals surface area contributed by atoms with Gasteiger partial charge >= 0.3 is 0 Å². The van der Waals surface area contributed by atoms with Crippen LogP contribution in [-0.2, 0) is 0 Å².